The Bertz CT molecular complexity index is 757. The molecule has 166 valence electrons. The fourth-order valence-corrected chi connectivity index (χ4v) is 2.85. The van der Waals surface area contributed by atoms with Crippen LogP contribution in [-0.4, -0.2) is 53.6 Å². The molecule has 2 rings (SSSR count). The third kappa shape index (κ3) is 6.63. The Kier molecular flexibility index (Phi) is 7.09. The Morgan fingerprint density at radius 1 is 1.17 bits per heavy atom. The summed E-state index contributed by atoms with van der Waals surface area (Å²) >= 11 is 0. The van der Waals surface area contributed by atoms with Crippen LogP contribution in [-0.2, 0) is 25.3 Å². The molecule has 1 amide bonds. The van der Waals surface area contributed by atoms with E-state index in [1.165, 1.54) is 0 Å². The van der Waals surface area contributed by atoms with Gasteiger partial charge in [-0.25, -0.2) is 9.59 Å². The summed E-state index contributed by atoms with van der Waals surface area (Å²) in [6.07, 6.45) is -0.689. The molecule has 1 atom stereocenters. The number of hydrogen-bond donors (Lipinski definition) is 2. The van der Waals surface area contributed by atoms with E-state index in [2.05, 4.69) is 5.32 Å². The molecule has 0 spiro atoms. The molecule has 1 fully saturated rings. The highest BCUT2D eigenvalue weighted by molar-refractivity contribution is 6.45. The highest BCUT2D eigenvalue weighted by Gasteiger charge is 2.51. The Hall–Kier alpha value is -2.26. The first kappa shape index (κ1) is 24.0. The number of alkyl carbamates (subject to hydrolysis) is 1. The molecule has 1 heterocycles. The van der Waals surface area contributed by atoms with Crippen LogP contribution in [0.15, 0.2) is 24.3 Å². The van der Waals surface area contributed by atoms with Crippen LogP contribution >= 0.6 is 0 Å². The van der Waals surface area contributed by atoms with Gasteiger partial charge in [0, 0.05) is 6.42 Å². The molecule has 0 saturated carbocycles. The summed E-state index contributed by atoms with van der Waals surface area (Å²) in [5.41, 5.74) is -0.894. The van der Waals surface area contributed by atoms with Crippen LogP contribution in [0, 0.1) is 0 Å². The Labute approximate surface area is 178 Å². The number of hydrogen-bond acceptors (Lipinski definition) is 6. The minimum Gasteiger partial charge on any atom is -0.496 e. The molecular formula is C21H32BNO7. The smallest absolute Gasteiger partial charge is 0.496 e. The Morgan fingerprint density at radius 3 is 2.30 bits per heavy atom. The number of carbonyl (C=O) groups is 2. The minimum absolute atomic E-state index is 0.0856. The Morgan fingerprint density at radius 2 is 1.77 bits per heavy atom. The van der Waals surface area contributed by atoms with Crippen LogP contribution in [0.1, 0.15) is 54.0 Å². The molecule has 30 heavy (non-hydrogen) atoms. The number of rotatable bonds is 7. The molecule has 1 aromatic carbocycles. The quantitative estimate of drug-likeness (QED) is 0.652. The average Bonchev–Trinajstić information content (AvgIpc) is 2.78. The van der Waals surface area contributed by atoms with Gasteiger partial charge < -0.3 is 29.2 Å². The number of ether oxygens (including phenoxy) is 2. The molecule has 0 unspecified atom stereocenters. The molecular weight excluding hydrogens is 389 g/mol. The predicted molar refractivity (Wildman–Crippen MR) is 113 cm³/mol. The maximum atomic E-state index is 11.9. The maximum absolute atomic E-state index is 11.9. The summed E-state index contributed by atoms with van der Waals surface area (Å²) in [7, 11) is -0.501. The number of carboxylic acid groups (broad SMARTS) is 1. The average molecular weight is 421 g/mol. The van der Waals surface area contributed by atoms with Crippen molar-refractivity contribution in [1.82, 2.24) is 5.32 Å². The first-order valence-corrected chi connectivity index (χ1v) is 9.98. The first-order valence-electron chi connectivity index (χ1n) is 9.98. The molecule has 0 radical (unpaired) electrons. The molecule has 0 aromatic heterocycles. The van der Waals surface area contributed by atoms with Gasteiger partial charge >= 0.3 is 19.2 Å². The zero-order valence-electron chi connectivity index (χ0n) is 18.8. The fraction of sp³-hybridized carbons (Fsp3) is 0.619. The molecule has 1 aliphatic heterocycles. The molecule has 9 heteroatoms. The SMILES string of the molecule is CC(C)(C)OC(=O)N[C@H](Cc1cccc(OCB2OC(C)(C)C(C)(C)O2)c1)C(=O)O. The van der Waals surface area contributed by atoms with Gasteiger partial charge in [0.1, 0.15) is 23.9 Å². The molecule has 0 bridgehead atoms. The van der Waals surface area contributed by atoms with Crippen molar-refractivity contribution in [2.45, 2.75) is 77.7 Å². The van der Waals surface area contributed by atoms with Crippen molar-refractivity contribution >= 4 is 19.2 Å². The monoisotopic (exact) mass is 421 g/mol. The summed E-state index contributed by atoms with van der Waals surface area (Å²) in [5, 5.41) is 11.9. The molecule has 0 aliphatic carbocycles. The van der Waals surface area contributed by atoms with Crippen molar-refractivity contribution in [3.63, 3.8) is 0 Å². The number of nitrogens with one attached hydrogen (secondary N) is 1. The highest BCUT2D eigenvalue weighted by atomic mass is 16.7. The lowest BCUT2D eigenvalue weighted by atomic mass is 9.90. The van der Waals surface area contributed by atoms with Gasteiger partial charge in [0.15, 0.2) is 0 Å². The third-order valence-electron chi connectivity index (χ3n) is 5.02. The van der Waals surface area contributed by atoms with E-state index in [0.29, 0.717) is 11.3 Å². The van der Waals surface area contributed by atoms with Gasteiger partial charge in [0.25, 0.3) is 0 Å². The third-order valence-corrected chi connectivity index (χ3v) is 5.02. The summed E-state index contributed by atoms with van der Waals surface area (Å²) in [6.45, 7) is 13.2. The molecule has 1 aromatic rings. The van der Waals surface area contributed by atoms with Crippen molar-refractivity contribution in [2.75, 3.05) is 6.51 Å². The molecule has 1 saturated heterocycles. The van der Waals surface area contributed by atoms with E-state index in [1.54, 1.807) is 45.0 Å². The van der Waals surface area contributed by atoms with Crippen LogP contribution in [0.4, 0.5) is 4.79 Å². The van der Waals surface area contributed by atoms with Crippen LogP contribution in [0.5, 0.6) is 5.75 Å². The van der Waals surface area contributed by atoms with Crippen LogP contribution in [0.25, 0.3) is 0 Å². The van der Waals surface area contributed by atoms with Gasteiger partial charge in [-0.3, -0.25) is 0 Å². The van der Waals surface area contributed by atoms with E-state index in [9.17, 15) is 14.7 Å². The maximum Gasteiger partial charge on any atom is 0.498 e. The Balaban J connectivity index is 1.97. The topological polar surface area (TPSA) is 103 Å². The van der Waals surface area contributed by atoms with Crippen molar-refractivity contribution in [1.29, 1.82) is 0 Å². The number of carboxylic acids is 1. The number of carbonyl (C=O) groups excluding carboxylic acids is 1. The van der Waals surface area contributed by atoms with E-state index in [4.69, 9.17) is 18.8 Å². The lowest BCUT2D eigenvalue weighted by Crippen LogP contribution is -2.44. The minimum atomic E-state index is -1.15. The van der Waals surface area contributed by atoms with Crippen molar-refractivity contribution in [3.8, 4) is 5.75 Å². The summed E-state index contributed by atoms with van der Waals surface area (Å²) in [4.78, 5) is 23.5. The van der Waals surface area contributed by atoms with E-state index >= 15 is 0 Å². The number of benzene rings is 1. The van der Waals surface area contributed by atoms with Gasteiger partial charge in [-0.15, -0.1) is 0 Å². The summed E-state index contributed by atoms with van der Waals surface area (Å²) in [5.74, 6) is -0.590. The molecule has 2 N–H and O–H groups in total. The van der Waals surface area contributed by atoms with E-state index in [1.807, 2.05) is 27.7 Å². The predicted octanol–water partition coefficient (Wildman–Crippen LogP) is 3.22. The normalized spacial score (nSPS) is 18.6. The number of amides is 1. The standard InChI is InChI=1S/C21H32BNO7/c1-19(2,3)28-18(26)23-16(17(24)25)12-14-9-8-10-15(11-14)27-13-22-29-20(4,5)21(6,7)30-22/h8-11,16H,12-13H2,1-7H3,(H,23,26)(H,24,25)/t16-/m1/s1. The second-order valence-electron chi connectivity index (χ2n) is 9.39. The van der Waals surface area contributed by atoms with Crippen molar-refractivity contribution < 1.29 is 33.5 Å². The zero-order chi connectivity index (χ0) is 22.7. The van der Waals surface area contributed by atoms with Crippen LogP contribution in [0.2, 0.25) is 0 Å². The lowest BCUT2D eigenvalue weighted by Gasteiger charge is -2.32. The van der Waals surface area contributed by atoms with Gasteiger partial charge in [0.2, 0.25) is 0 Å². The molecule has 1 aliphatic rings. The second-order valence-corrected chi connectivity index (χ2v) is 9.39. The van der Waals surface area contributed by atoms with Gasteiger partial charge in [-0.2, -0.15) is 0 Å². The van der Waals surface area contributed by atoms with Crippen LogP contribution < -0.4 is 10.1 Å². The molecule has 8 nitrogen and oxygen atoms in total. The highest BCUT2D eigenvalue weighted by Crippen LogP contribution is 2.36. The van der Waals surface area contributed by atoms with E-state index < -0.39 is 42.0 Å². The van der Waals surface area contributed by atoms with Crippen LogP contribution in [0.3, 0.4) is 0 Å². The zero-order valence-corrected chi connectivity index (χ0v) is 18.8. The first-order chi connectivity index (χ1) is 13.7. The second kappa shape index (κ2) is 8.85. The summed E-state index contributed by atoms with van der Waals surface area (Å²) < 4.78 is 22.8. The fourth-order valence-electron chi connectivity index (χ4n) is 2.85. The van der Waals surface area contributed by atoms with E-state index in [0.717, 1.165) is 0 Å². The number of aliphatic carboxylic acids is 1. The summed E-state index contributed by atoms with van der Waals surface area (Å²) in [6, 6.07) is 5.91. The van der Waals surface area contributed by atoms with Crippen molar-refractivity contribution in [3.05, 3.63) is 29.8 Å². The van der Waals surface area contributed by atoms with Gasteiger partial charge in [-0.1, -0.05) is 12.1 Å². The van der Waals surface area contributed by atoms with Crippen molar-refractivity contribution in [2.24, 2.45) is 0 Å². The lowest BCUT2D eigenvalue weighted by molar-refractivity contribution is -0.139. The van der Waals surface area contributed by atoms with E-state index in [-0.39, 0.29) is 12.9 Å². The van der Waals surface area contributed by atoms with Gasteiger partial charge in [-0.05, 0) is 66.2 Å². The largest absolute Gasteiger partial charge is 0.498 e. The van der Waals surface area contributed by atoms with Gasteiger partial charge in [0.05, 0.1) is 11.2 Å².